The van der Waals surface area contributed by atoms with Gasteiger partial charge in [-0.15, -0.1) is 0 Å². The number of benzene rings is 1. The van der Waals surface area contributed by atoms with Crippen LogP contribution in [0.1, 0.15) is 5.56 Å². The maximum Gasteiger partial charge on any atom is 0.322 e. The van der Waals surface area contributed by atoms with Crippen molar-refractivity contribution in [2.75, 3.05) is 0 Å². The Morgan fingerprint density at radius 2 is 1.73 bits per heavy atom. The Morgan fingerprint density at radius 1 is 1.18 bits per heavy atom. The summed E-state index contributed by atoms with van der Waals surface area (Å²) in [6, 6.07) is 6.47. The van der Waals surface area contributed by atoms with Crippen LogP contribution in [0.5, 0.6) is 0 Å². The van der Waals surface area contributed by atoms with Crippen molar-refractivity contribution in [2.24, 2.45) is 0 Å². The highest BCUT2D eigenvalue weighted by Crippen LogP contribution is 2.37. The third-order valence-corrected chi connectivity index (χ3v) is 2.70. The van der Waals surface area contributed by atoms with Crippen LogP contribution in [0.4, 0.5) is 8.78 Å². The Hall–Kier alpha value is 0.540. The van der Waals surface area contributed by atoms with Gasteiger partial charge in [0.05, 0.1) is 0 Å². The minimum atomic E-state index is -2.75. The summed E-state index contributed by atoms with van der Waals surface area (Å²) in [4.78, 5) is 0. The third kappa shape index (κ3) is 2.50. The van der Waals surface area contributed by atoms with Crippen LogP contribution in [0.3, 0.4) is 0 Å². The second-order valence-electron chi connectivity index (χ2n) is 1.98. The molecule has 0 aromatic heterocycles. The van der Waals surface area contributed by atoms with E-state index < -0.39 is 3.93 Å². The molecule has 0 atom stereocenters. The van der Waals surface area contributed by atoms with Crippen molar-refractivity contribution in [3.8, 4) is 0 Å². The zero-order valence-electron chi connectivity index (χ0n) is 5.32. The topological polar surface area (TPSA) is 0 Å². The molecule has 0 fully saturated rings. The molecule has 0 aliphatic heterocycles. The third-order valence-electron chi connectivity index (χ3n) is 1.18. The van der Waals surface area contributed by atoms with Crippen molar-refractivity contribution >= 4 is 45.2 Å². The van der Waals surface area contributed by atoms with E-state index in [0.29, 0.717) is 3.57 Å². The summed E-state index contributed by atoms with van der Waals surface area (Å²) in [7, 11) is 0. The van der Waals surface area contributed by atoms with Crippen molar-refractivity contribution in [1.82, 2.24) is 0 Å². The first kappa shape index (κ1) is 9.63. The van der Waals surface area contributed by atoms with Gasteiger partial charge < -0.3 is 0 Å². The van der Waals surface area contributed by atoms with Gasteiger partial charge in [-0.1, -0.05) is 18.2 Å². The molecule has 0 aliphatic carbocycles. The van der Waals surface area contributed by atoms with E-state index in [1.54, 1.807) is 18.2 Å². The van der Waals surface area contributed by atoms with E-state index in [0.717, 1.165) is 22.6 Å². The molecule has 4 heteroatoms. The highest BCUT2D eigenvalue weighted by molar-refractivity contribution is 14.1. The number of alkyl halides is 3. The highest BCUT2D eigenvalue weighted by Gasteiger charge is 2.28. The molecule has 0 aliphatic rings. The van der Waals surface area contributed by atoms with E-state index in [2.05, 4.69) is 0 Å². The molecule has 0 heterocycles. The molecule has 0 unspecified atom stereocenters. The number of halogens is 4. The second kappa shape index (κ2) is 3.51. The monoisotopic (exact) mass is 380 g/mol. The van der Waals surface area contributed by atoms with Crippen LogP contribution in [0.25, 0.3) is 0 Å². The summed E-state index contributed by atoms with van der Waals surface area (Å²) in [5.41, 5.74) is 0.0844. The molecule has 0 saturated heterocycles. The van der Waals surface area contributed by atoms with Gasteiger partial charge >= 0.3 is 3.93 Å². The van der Waals surface area contributed by atoms with Crippen molar-refractivity contribution in [2.45, 2.75) is 3.93 Å². The highest BCUT2D eigenvalue weighted by atomic mass is 127. The summed E-state index contributed by atoms with van der Waals surface area (Å²) in [5.74, 6) is 0. The molecule has 0 saturated carbocycles. The van der Waals surface area contributed by atoms with E-state index in [4.69, 9.17) is 0 Å². The van der Waals surface area contributed by atoms with Crippen molar-refractivity contribution in [3.05, 3.63) is 33.4 Å². The van der Waals surface area contributed by atoms with Crippen molar-refractivity contribution < 1.29 is 8.78 Å². The predicted molar refractivity (Wildman–Crippen MR) is 57.1 cm³/mol. The Balaban J connectivity index is 3.14. The molecule has 1 rings (SSSR count). The fourth-order valence-electron chi connectivity index (χ4n) is 0.691. The first-order valence-corrected chi connectivity index (χ1v) is 4.99. The Morgan fingerprint density at radius 3 is 2.09 bits per heavy atom. The molecule has 0 amide bonds. The maximum atomic E-state index is 12.7. The Kier molecular flexibility index (Phi) is 3.07. The smallest absolute Gasteiger partial charge is 0.189 e. The molecule has 0 radical (unpaired) electrons. The summed E-state index contributed by atoms with van der Waals surface area (Å²) < 4.78 is 23.2. The van der Waals surface area contributed by atoms with Gasteiger partial charge in [0.1, 0.15) is 0 Å². The zero-order valence-corrected chi connectivity index (χ0v) is 9.64. The van der Waals surface area contributed by atoms with Crippen LogP contribution in [0, 0.1) is 3.57 Å². The summed E-state index contributed by atoms with van der Waals surface area (Å²) in [6.07, 6.45) is 0. The number of rotatable bonds is 1. The molecule has 11 heavy (non-hydrogen) atoms. The Bertz CT molecular complexity index is 255. The van der Waals surface area contributed by atoms with Gasteiger partial charge in [0.15, 0.2) is 0 Å². The lowest BCUT2D eigenvalue weighted by atomic mass is 10.2. The number of hydrogen-bond donors (Lipinski definition) is 0. The van der Waals surface area contributed by atoms with Crippen LogP contribution in [0.2, 0.25) is 0 Å². The van der Waals surface area contributed by atoms with Gasteiger partial charge in [-0.05, 0) is 28.7 Å². The van der Waals surface area contributed by atoms with Crippen LogP contribution in [0.15, 0.2) is 24.3 Å². The van der Waals surface area contributed by atoms with E-state index in [-0.39, 0.29) is 5.56 Å². The van der Waals surface area contributed by atoms with Gasteiger partial charge in [-0.2, -0.15) is 8.78 Å². The van der Waals surface area contributed by atoms with Gasteiger partial charge in [0.25, 0.3) is 0 Å². The first-order valence-electron chi connectivity index (χ1n) is 2.83. The minimum Gasteiger partial charge on any atom is -0.189 e. The van der Waals surface area contributed by atoms with Gasteiger partial charge in [0.2, 0.25) is 0 Å². The molecule has 0 N–H and O–H groups in total. The fraction of sp³-hybridized carbons (Fsp3) is 0.143. The average Bonchev–Trinajstić information content (AvgIpc) is 1.86. The lowest BCUT2D eigenvalue weighted by Gasteiger charge is -2.09. The van der Waals surface area contributed by atoms with Gasteiger partial charge in [-0.25, -0.2) is 0 Å². The standard InChI is InChI=1S/C7H4F2I2/c8-7(9,11)5-3-1-2-4-6(5)10/h1-4H. The molecule has 0 spiro atoms. The van der Waals surface area contributed by atoms with Crippen LogP contribution in [-0.2, 0) is 3.93 Å². The second-order valence-corrected chi connectivity index (χ2v) is 4.49. The van der Waals surface area contributed by atoms with E-state index in [1.807, 2.05) is 22.6 Å². The summed E-state index contributed by atoms with van der Waals surface area (Å²) in [5, 5.41) is 0. The molecule has 1 aromatic carbocycles. The number of hydrogen-bond acceptors (Lipinski definition) is 0. The largest absolute Gasteiger partial charge is 0.322 e. The molecule has 1 aromatic rings. The quantitative estimate of drug-likeness (QED) is 0.514. The Labute approximate surface area is 90.7 Å². The van der Waals surface area contributed by atoms with Crippen molar-refractivity contribution in [1.29, 1.82) is 0 Å². The fourth-order valence-corrected chi connectivity index (χ4v) is 2.40. The molecular formula is C7H4F2I2. The van der Waals surface area contributed by atoms with Crippen molar-refractivity contribution in [3.63, 3.8) is 0 Å². The minimum absolute atomic E-state index is 0.0844. The van der Waals surface area contributed by atoms with Gasteiger partial charge in [-0.3, -0.25) is 0 Å². The maximum absolute atomic E-state index is 12.7. The predicted octanol–water partition coefficient (Wildman–Crippen LogP) is 3.78. The first-order chi connectivity index (χ1) is 5.02. The lowest BCUT2D eigenvalue weighted by molar-refractivity contribution is 0.126. The summed E-state index contributed by atoms with van der Waals surface area (Å²) >= 11 is 3.03. The van der Waals surface area contributed by atoms with E-state index in [9.17, 15) is 8.78 Å². The molecular weight excluding hydrogens is 376 g/mol. The van der Waals surface area contributed by atoms with Crippen LogP contribution < -0.4 is 0 Å². The average molecular weight is 380 g/mol. The van der Waals surface area contributed by atoms with Gasteiger partial charge in [0, 0.05) is 31.7 Å². The zero-order chi connectivity index (χ0) is 8.48. The molecule has 0 nitrogen and oxygen atoms in total. The summed E-state index contributed by atoms with van der Waals surface area (Å²) in [6.45, 7) is 0. The van der Waals surface area contributed by atoms with Crippen LogP contribution >= 0.6 is 45.2 Å². The van der Waals surface area contributed by atoms with Crippen LogP contribution in [-0.4, -0.2) is 0 Å². The van der Waals surface area contributed by atoms with E-state index >= 15 is 0 Å². The van der Waals surface area contributed by atoms with E-state index in [1.165, 1.54) is 6.07 Å². The molecule has 0 bridgehead atoms. The normalized spacial score (nSPS) is 11.6. The molecule has 60 valence electrons. The lowest BCUT2D eigenvalue weighted by Crippen LogP contribution is -2.04. The SMILES string of the molecule is FC(F)(I)c1ccccc1I.